The van der Waals surface area contributed by atoms with E-state index in [4.69, 9.17) is 14.2 Å². The second kappa shape index (κ2) is 14.2. The van der Waals surface area contributed by atoms with Gasteiger partial charge in [-0.2, -0.15) is 0 Å². The van der Waals surface area contributed by atoms with E-state index >= 15 is 4.39 Å². The van der Waals surface area contributed by atoms with Crippen molar-refractivity contribution in [3.8, 4) is 11.5 Å². The first-order chi connectivity index (χ1) is 19.0. The Morgan fingerprint density at radius 1 is 1.15 bits per heavy atom. The Kier molecular flexibility index (Phi) is 11.2. The summed E-state index contributed by atoms with van der Waals surface area (Å²) in [7, 11) is 0. The summed E-state index contributed by atoms with van der Waals surface area (Å²) in [6, 6.07) is 7.81. The molecule has 0 radical (unpaired) electrons. The third-order valence-corrected chi connectivity index (χ3v) is 7.58. The largest absolute Gasteiger partial charge is 0.598 e. The van der Waals surface area contributed by atoms with Crippen LogP contribution in [0.1, 0.15) is 94.2 Å². The van der Waals surface area contributed by atoms with Crippen molar-refractivity contribution in [1.29, 1.82) is 0 Å². The van der Waals surface area contributed by atoms with Crippen LogP contribution in [-0.2, 0) is 16.1 Å². The molecule has 3 rings (SSSR count). The topological polar surface area (TPSA) is 100 Å². The van der Waals surface area contributed by atoms with Gasteiger partial charge in [-0.15, -0.1) is 4.72 Å². The quantitative estimate of drug-likeness (QED) is 0.136. The maximum absolute atomic E-state index is 16.4. The predicted octanol–water partition coefficient (Wildman–Crippen LogP) is 6.77. The number of benzene rings is 2. The van der Waals surface area contributed by atoms with Gasteiger partial charge < -0.3 is 18.8 Å². The minimum atomic E-state index is -1.42. The number of carbonyl (C=O) groups excluding carboxylic acids is 2. The van der Waals surface area contributed by atoms with Crippen molar-refractivity contribution in [1.82, 2.24) is 4.72 Å². The summed E-state index contributed by atoms with van der Waals surface area (Å²) in [5, 5.41) is 0. The molecule has 0 aliphatic carbocycles. The van der Waals surface area contributed by atoms with E-state index in [1.807, 2.05) is 13.8 Å². The van der Waals surface area contributed by atoms with Crippen molar-refractivity contribution in [3.05, 3.63) is 52.8 Å². The third-order valence-electron chi connectivity index (χ3n) is 6.37. The van der Waals surface area contributed by atoms with Gasteiger partial charge in [0.15, 0.2) is 5.75 Å². The summed E-state index contributed by atoms with van der Waals surface area (Å²) in [4.78, 5) is 28.3. The lowest BCUT2D eigenvalue weighted by molar-refractivity contribution is 0.0572. The molecule has 1 aliphatic rings. The van der Waals surface area contributed by atoms with Gasteiger partial charge in [0.25, 0.3) is 0 Å². The van der Waals surface area contributed by atoms with Crippen molar-refractivity contribution >= 4 is 29.1 Å². The van der Waals surface area contributed by atoms with Crippen LogP contribution in [-0.4, -0.2) is 41.1 Å². The molecule has 1 amide bonds. The molecule has 1 heterocycles. The fourth-order valence-corrected chi connectivity index (χ4v) is 5.61. The first kappa shape index (κ1) is 31.7. The number of nitrogens with one attached hydrogen (secondary N) is 1. The van der Waals surface area contributed by atoms with Crippen molar-refractivity contribution in [2.45, 2.75) is 85.3 Å². The van der Waals surface area contributed by atoms with E-state index in [0.29, 0.717) is 24.3 Å². The standard InChI is InChI=1S/C30H41FN2O6S/c1-7-9-18-37-27-23(28(34)38-21-14-12-11-13-15-21)20(3)25(31)24-22(32-40(36)19-10-8-2)16-17-33(26(24)27)29(35)39-30(4,5)6/h11-15,22,32H,7-10,16-19H2,1-6H3/t22?,40-/m1/s1. The lowest BCUT2D eigenvalue weighted by Crippen LogP contribution is -2.44. The molecule has 10 heteroatoms. The number of esters is 1. The molecule has 0 fully saturated rings. The maximum atomic E-state index is 16.4. The number of hydrogen-bond acceptors (Lipinski definition) is 7. The maximum Gasteiger partial charge on any atom is 0.414 e. The van der Waals surface area contributed by atoms with Gasteiger partial charge in [-0.25, -0.2) is 14.0 Å². The fraction of sp³-hybridized carbons (Fsp3) is 0.533. The summed E-state index contributed by atoms with van der Waals surface area (Å²) in [6.45, 7) is 11.1. The number of unbranched alkanes of at least 4 members (excludes halogenated alkanes) is 2. The average molecular weight is 577 g/mol. The minimum absolute atomic E-state index is 0.0309. The van der Waals surface area contributed by atoms with Crippen LogP contribution in [0.3, 0.4) is 0 Å². The summed E-state index contributed by atoms with van der Waals surface area (Å²) >= 11 is -1.42. The average Bonchev–Trinajstić information content (AvgIpc) is 2.89. The van der Waals surface area contributed by atoms with E-state index in [1.165, 1.54) is 11.8 Å². The zero-order valence-corrected chi connectivity index (χ0v) is 25.1. The number of amides is 1. The molecule has 40 heavy (non-hydrogen) atoms. The molecule has 2 aromatic rings. The number of para-hydroxylation sites is 1. The lowest BCUT2D eigenvalue weighted by atomic mass is 9.90. The van der Waals surface area contributed by atoms with Crippen LogP contribution in [0.4, 0.5) is 14.9 Å². The summed E-state index contributed by atoms with van der Waals surface area (Å²) in [6.07, 6.45) is 2.72. The van der Waals surface area contributed by atoms with E-state index in [2.05, 4.69) is 4.72 Å². The highest BCUT2D eigenvalue weighted by Gasteiger charge is 2.41. The second-order valence-electron chi connectivity index (χ2n) is 10.8. The highest BCUT2D eigenvalue weighted by atomic mass is 32.2. The van der Waals surface area contributed by atoms with Crippen molar-refractivity contribution in [2.24, 2.45) is 0 Å². The molecule has 1 unspecified atom stereocenters. The van der Waals surface area contributed by atoms with Crippen LogP contribution in [0.2, 0.25) is 0 Å². The van der Waals surface area contributed by atoms with Gasteiger partial charge in [0.05, 0.1) is 18.3 Å². The van der Waals surface area contributed by atoms with Gasteiger partial charge >= 0.3 is 12.1 Å². The number of rotatable bonds is 11. The summed E-state index contributed by atoms with van der Waals surface area (Å²) < 4.78 is 49.7. The Labute approximate surface area is 239 Å². The molecule has 8 nitrogen and oxygen atoms in total. The molecule has 0 aromatic heterocycles. The van der Waals surface area contributed by atoms with Crippen LogP contribution in [0.5, 0.6) is 11.5 Å². The molecule has 0 saturated heterocycles. The lowest BCUT2D eigenvalue weighted by Gasteiger charge is -2.37. The molecule has 1 aliphatic heterocycles. The van der Waals surface area contributed by atoms with Gasteiger partial charge in [-0.1, -0.05) is 44.9 Å². The number of hydrogen-bond donors (Lipinski definition) is 1. The minimum Gasteiger partial charge on any atom is -0.598 e. The summed E-state index contributed by atoms with van der Waals surface area (Å²) in [5.74, 6) is -0.724. The predicted molar refractivity (Wildman–Crippen MR) is 155 cm³/mol. The molecule has 1 N–H and O–H groups in total. The fourth-order valence-electron chi connectivity index (χ4n) is 4.39. The normalized spacial score (nSPS) is 15.8. The molecule has 220 valence electrons. The number of halogens is 1. The first-order valence-corrected chi connectivity index (χ1v) is 15.2. The Morgan fingerprint density at radius 2 is 1.82 bits per heavy atom. The van der Waals surface area contributed by atoms with Gasteiger partial charge in [0, 0.05) is 29.0 Å². The molecule has 0 bridgehead atoms. The van der Waals surface area contributed by atoms with E-state index in [1.54, 1.807) is 51.1 Å². The highest BCUT2D eigenvalue weighted by Crippen LogP contribution is 2.47. The number of fused-ring (bicyclic) bond motifs is 1. The zero-order valence-electron chi connectivity index (χ0n) is 24.3. The molecule has 0 saturated carbocycles. The van der Waals surface area contributed by atoms with Crippen LogP contribution in [0.25, 0.3) is 0 Å². The van der Waals surface area contributed by atoms with Crippen LogP contribution in [0, 0.1) is 12.7 Å². The SMILES string of the molecule is CCCCOc1c(C(=O)Oc2ccccc2)c(C)c(F)c2c1N(C(=O)OC(C)(C)C)CCC2N[S@+]([O-])CCCC. The highest BCUT2D eigenvalue weighted by molar-refractivity contribution is 7.89. The number of nitrogens with zero attached hydrogens (tertiary/aromatic N) is 1. The second-order valence-corrected chi connectivity index (χ2v) is 12.1. The Hall–Kier alpha value is -2.82. The number of ether oxygens (including phenoxy) is 3. The molecular formula is C30H41FN2O6S. The van der Waals surface area contributed by atoms with Gasteiger partial charge in [-0.3, -0.25) is 4.90 Å². The monoisotopic (exact) mass is 576 g/mol. The van der Waals surface area contributed by atoms with E-state index in [9.17, 15) is 14.1 Å². The number of carbonyl (C=O) groups is 2. The Morgan fingerprint density at radius 3 is 2.45 bits per heavy atom. The molecule has 2 aromatic carbocycles. The van der Waals surface area contributed by atoms with Crippen molar-refractivity contribution in [2.75, 3.05) is 23.8 Å². The third kappa shape index (κ3) is 7.89. The smallest absolute Gasteiger partial charge is 0.414 e. The number of anilines is 1. The van der Waals surface area contributed by atoms with Crippen LogP contribution in [0.15, 0.2) is 30.3 Å². The van der Waals surface area contributed by atoms with E-state index in [-0.39, 0.29) is 41.3 Å². The van der Waals surface area contributed by atoms with E-state index in [0.717, 1.165) is 19.3 Å². The van der Waals surface area contributed by atoms with Crippen LogP contribution < -0.4 is 19.1 Å². The molecule has 0 spiro atoms. The van der Waals surface area contributed by atoms with Crippen molar-refractivity contribution in [3.63, 3.8) is 0 Å². The van der Waals surface area contributed by atoms with Crippen molar-refractivity contribution < 1.29 is 32.7 Å². The Balaban J connectivity index is 2.21. The summed E-state index contributed by atoms with van der Waals surface area (Å²) in [5.41, 5.74) is -0.650. The van der Waals surface area contributed by atoms with Gasteiger partial charge in [-0.05, 0) is 59.1 Å². The van der Waals surface area contributed by atoms with Gasteiger partial charge in [0.2, 0.25) is 0 Å². The first-order valence-electron chi connectivity index (χ1n) is 13.9. The molecule has 2 atom stereocenters. The molecular weight excluding hydrogens is 535 g/mol. The zero-order chi connectivity index (χ0) is 29.4. The van der Waals surface area contributed by atoms with E-state index < -0.39 is 40.9 Å². The van der Waals surface area contributed by atoms with Crippen LogP contribution >= 0.6 is 0 Å². The Bertz CT molecular complexity index is 1170. The van der Waals surface area contributed by atoms with Gasteiger partial charge in [0.1, 0.15) is 28.5 Å².